The lowest BCUT2D eigenvalue weighted by atomic mass is 10.1. The molecule has 2 aromatic rings. The van der Waals surface area contributed by atoms with Crippen molar-refractivity contribution >= 4 is 23.2 Å². The Kier molecular flexibility index (Phi) is 6.36. The molecule has 0 aliphatic rings. The zero-order valence-electron chi connectivity index (χ0n) is 14.0. The van der Waals surface area contributed by atoms with Crippen LogP contribution in [0, 0.1) is 10.1 Å². The van der Waals surface area contributed by atoms with Crippen LogP contribution >= 0.6 is 0 Å². The number of alkyl halides is 2. The number of rotatable bonds is 7. The zero-order chi connectivity index (χ0) is 20.0. The van der Waals surface area contributed by atoms with E-state index in [0.717, 1.165) is 6.07 Å². The predicted molar refractivity (Wildman–Crippen MR) is 91.7 cm³/mol. The molecule has 0 aliphatic heterocycles. The van der Waals surface area contributed by atoms with Gasteiger partial charge in [0.1, 0.15) is 11.8 Å². The standard InChI is InChI=1S/C17H15F2N3O5/c1-10(20-16(24)11-3-2-4-13(9-11)22(25)26)15(23)21-12-5-7-14(8-6-12)27-17(18)19/h2-10,17H,1H3,(H,20,24)(H,21,23)/t10-/m0/s1. The minimum absolute atomic E-state index is 0.0392. The third kappa shape index (κ3) is 5.73. The third-order valence-corrected chi connectivity index (χ3v) is 3.41. The number of hydrogen-bond donors (Lipinski definition) is 2. The molecule has 2 rings (SSSR count). The predicted octanol–water partition coefficient (Wildman–Crippen LogP) is 2.95. The van der Waals surface area contributed by atoms with E-state index < -0.39 is 29.4 Å². The van der Waals surface area contributed by atoms with Gasteiger partial charge in [-0.2, -0.15) is 8.78 Å². The average Bonchev–Trinajstić information content (AvgIpc) is 2.62. The maximum absolute atomic E-state index is 12.1. The number of carbonyl (C=O) groups is 2. The second kappa shape index (κ2) is 8.70. The summed E-state index contributed by atoms with van der Waals surface area (Å²) in [6.45, 7) is -1.52. The molecule has 0 unspecified atom stereocenters. The molecular formula is C17H15F2N3O5. The second-order valence-corrected chi connectivity index (χ2v) is 5.39. The first-order valence-corrected chi connectivity index (χ1v) is 7.67. The minimum Gasteiger partial charge on any atom is -0.435 e. The molecule has 2 N–H and O–H groups in total. The van der Waals surface area contributed by atoms with Crippen molar-refractivity contribution in [3.63, 3.8) is 0 Å². The highest BCUT2D eigenvalue weighted by Crippen LogP contribution is 2.18. The summed E-state index contributed by atoms with van der Waals surface area (Å²) < 4.78 is 28.4. The van der Waals surface area contributed by atoms with Crippen LogP contribution in [0.4, 0.5) is 20.2 Å². The summed E-state index contributed by atoms with van der Waals surface area (Å²) in [6.07, 6.45) is 0. The van der Waals surface area contributed by atoms with E-state index in [1.165, 1.54) is 49.4 Å². The highest BCUT2D eigenvalue weighted by Gasteiger charge is 2.18. The molecule has 10 heteroatoms. The molecule has 0 saturated carbocycles. The monoisotopic (exact) mass is 379 g/mol. The first-order chi connectivity index (χ1) is 12.8. The molecule has 0 bridgehead atoms. The van der Waals surface area contributed by atoms with Crippen LogP contribution in [0.2, 0.25) is 0 Å². The number of non-ortho nitro benzene ring substituents is 1. The largest absolute Gasteiger partial charge is 0.435 e. The SMILES string of the molecule is C[C@H](NC(=O)c1cccc([N+](=O)[O-])c1)C(=O)Nc1ccc(OC(F)F)cc1. The Hall–Kier alpha value is -3.56. The Balaban J connectivity index is 1.96. The van der Waals surface area contributed by atoms with Crippen LogP contribution in [0.25, 0.3) is 0 Å². The molecule has 0 aliphatic carbocycles. The first-order valence-electron chi connectivity index (χ1n) is 7.67. The van der Waals surface area contributed by atoms with Crippen molar-refractivity contribution in [2.75, 3.05) is 5.32 Å². The lowest BCUT2D eigenvalue weighted by Gasteiger charge is -2.14. The molecule has 0 fully saturated rings. The summed E-state index contributed by atoms with van der Waals surface area (Å²) in [5, 5.41) is 15.7. The van der Waals surface area contributed by atoms with Crippen molar-refractivity contribution in [2.45, 2.75) is 19.6 Å². The number of halogens is 2. The summed E-state index contributed by atoms with van der Waals surface area (Å²) >= 11 is 0. The summed E-state index contributed by atoms with van der Waals surface area (Å²) in [7, 11) is 0. The number of benzene rings is 2. The molecule has 0 spiro atoms. The lowest BCUT2D eigenvalue weighted by Crippen LogP contribution is -2.41. The van der Waals surface area contributed by atoms with Gasteiger partial charge >= 0.3 is 6.61 Å². The van der Waals surface area contributed by atoms with Crippen LogP contribution in [0.3, 0.4) is 0 Å². The molecule has 8 nitrogen and oxygen atoms in total. The van der Waals surface area contributed by atoms with Gasteiger partial charge in [-0.05, 0) is 37.3 Å². The molecular weight excluding hydrogens is 364 g/mol. The van der Waals surface area contributed by atoms with Gasteiger partial charge in [-0.1, -0.05) is 6.07 Å². The molecule has 0 heterocycles. The summed E-state index contributed by atoms with van der Waals surface area (Å²) in [5.41, 5.74) is 0.112. The zero-order valence-corrected chi connectivity index (χ0v) is 14.0. The third-order valence-electron chi connectivity index (χ3n) is 3.41. The van der Waals surface area contributed by atoms with E-state index in [0.29, 0.717) is 5.69 Å². The second-order valence-electron chi connectivity index (χ2n) is 5.39. The summed E-state index contributed by atoms with van der Waals surface area (Å²) in [6, 6.07) is 9.39. The van der Waals surface area contributed by atoms with E-state index in [4.69, 9.17) is 0 Å². The Morgan fingerprint density at radius 3 is 2.41 bits per heavy atom. The van der Waals surface area contributed by atoms with E-state index in [9.17, 15) is 28.5 Å². The van der Waals surface area contributed by atoms with E-state index in [2.05, 4.69) is 15.4 Å². The fraction of sp³-hybridized carbons (Fsp3) is 0.176. The van der Waals surface area contributed by atoms with Gasteiger partial charge in [0, 0.05) is 23.4 Å². The van der Waals surface area contributed by atoms with Crippen molar-refractivity contribution in [2.24, 2.45) is 0 Å². The number of nitrogens with one attached hydrogen (secondary N) is 2. The van der Waals surface area contributed by atoms with Crippen molar-refractivity contribution in [1.29, 1.82) is 0 Å². The smallest absolute Gasteiger partial charge is 0.387 e. The Labute approximate surface area is 152 Å². The van der Waals surface area contributed by atoms with Gasteiger partial charge in [-0.3, -0.25) is 19.7 Å². The van der Waals surface area contributed by atoms with Crippen LogP contribution in [0.15, 0.2) is 48.5 Å². The fourth-order valence-corrected chi connectivity index (χ4v) is 2.08. The van der Waals surface area contributed by atoms with E-state index in [-0.39, 0.29) is 17.0 Å². The Morgan fingerprint density at radius 1 is 1.15 bits per heavy atom. The highest BCUT2D eigenvalue weighted by molar-refractivity contribution is 6.01. The van der Waals surface area contributed by atoms with Gasteiger partial charge in [-0.15, -0.1) is 0 Å². The number of ether oxygens (including phenoxy) is 1. The number of hydrogen-bond acceptors (Lipinski definition) is 5. The van der Waals surface area contributed by atoms with Crippen LogP contribution in [-0.2, 0) is 4.79 Å². The number of anilines is 1. The van der Waals surface area contributed by atoms with Crippen molar-refractivity contribution in [3.05, 3.63) is 64.2 Å². The molecule has 2 aromatic carbocycles. The van der Waals surface area contributed by atoms with Gasteiger partial charge in [0.2, 0.25) is 5.91 Å². The molecule has 142 valence electrons. The molecule has 0 saturated heterocycles. The van der Waals surface area contributed by atoms with Gasteiger partial charge in [0.25, 0.3) is 11.6 Å². The number of nitro benzene ring substituents is 1. The van der Waals surface area contributed by atoms with Gasteiger partial charge in [0.15, 0.2) is 0 Å². The topological polar surface area (TPSA) is 111 Å². The molecule has 0 radical (unpaired) electrons. The molecule has 0 aromatic heterocycles. The van der Waals surface area contributed by atoms with Crippen LogP contribution in [0.5, 0.6) is 5.75 Å². The van der Waals surface area contributed by atoms with Crippen LogP contribution < -0.4 is 15.4 Å². The maximum Gasteiger partial charge on any atom is 0.387 e. The van der Waals surface area contributed by atoms with Crippen molar-refractivity contribution in [1.82, 2.24) is 5.32 Å². The Bertz CT molecular complexity index is 843. The molecule has 2 amide bonds. The quantitative estimate of drug-likeness (QED) is 0.568. The van der Waals surface area contributed by atoms with E-state index in [1.807, 2.05) is 0 Å². The van der Waals surface area contributed by atoms with Crippen LogP contribution in [-0.4, -0.2) is 29.4 Å². The van der Waals surface area contributed by atoms with Gasteiger partial charge in [-0.25, -0.2) is 0 Å². The van der Waals surface area contributed by atoms with E-state index in [1.54, 1.807) is 0 Å². The first kappa shape index (κ1) is 19.8. The van der Waals surface area contributed by atoms with Gasteiger partial charge < -0.3 is 15.4 Å². The van der Waals surface area contributed by atoms with Crippen molar-refractivity contribution in [3.8, 4) is 5.75 Å². The normalized spacial score (nSPS) is 11.6. The number of amides is 2. The number of nitrogens with zero attached hydrogens (tertiary/aromatic N) is 1. The molecule has 1 atom stereocenters. The van der Waals surface area contributed by atoms with Gasteiger partial charge in [0.05, 0.1) is 4.92 Å². The lowest BCUT2D eigenvalue weighted by molar-refractivity contribution is -0.384. The van der Waals surface area contributed by atoms with Crippen molar-refractivity contribution < 1.29 is 28.0 Å². The number of carbonyl (C=O) groups excluding carboxylic acids is 2. The number of nitro groups is 1. The fourth-order valence-electron chi connectivity index (χ4n) is 2.08. The molecule has 27 heavy (non-hydrogen) atoms. The van der Waals surface area contributed by atoms with E-state index >= 15 is 0 Å². The maximum atomic E-state index is 12.1. The summed E-state index contributed by atoms with van der Waals surface area (Å²) in [5.74, 6) is -1.27. The average molecular weight is 379 g/mol. The minimum atomic E-state index is -2.95. The summed E-state index contributed by atoms with van der Waals surface area (Å²) in [4.78, 5) is 34.4. The van der Waals surface area contributed by atoms with Crippen LogP contribution in [0.1, 0.15) is 17.3 Å². The highest BCUT2D eigenvalue weighted by atomic mass is 19.3. The Morgan fingerprint density at radius 2 is 1.81 bits per heavy atom.